The van der Waals surface area contributed by atoms with Crippen LogP contribution in [0.1, 0.15) is 76.2 Å². The van der Waals surface area contributed by atoms with Crippen molar-refractivity contribution in [2.75, 3.05) is 19.6 Å². The summed E-state index contributed by atoms with van der Waals surface area (Å²) >= 11 is 5.95. The molecule has 0 radical (unpaired) electrons. The van der Waals surface area contributed by atoms with Crippen LogP contribution in [0.3, 0.4) is 0 Å². The van der Waals surface area contributed by atoms with Crippen LogP contribution in [0.15, 0.2) is 18.3 Å². The molecule has 3 amide bonds. The molecule has 0 aliphatic carbocycles. The summed E-state index contributed by atoms with van der Waals surface area (Å²) in [6.45, 7) is 8.38. The first kappa shape index (κ1) is 25.9. The van der Waals surface area contributed by atoms with Gasteiger partial charge in [0.1, 0.15) is 5.69 Å². The van der Waals surface area contributed by atoms with Crippen LogP contribution >= 0.6 is 11.6 Å². The minimum Gasteiger partial charge on any atom is -0.353 e. The number of piperidine rings is 2. The summed E-state index contributed by atoms with van der Waals surface area (Å²) in [5, 5.41) is 3.75. The summed E-state index contributed by atoms with van der Waals surface area (Å²) in [4.78, 5) is 47.6. The van der Waals surface area contributed by atoms with Crippen molar-refractivity contribution >= 4 is 29.3 Å². The van der Waals surface area contributed by atoms with Gasteiger partial charge in [0.25, 0.3) is 5.91 Å². The summed E-state index contributed by atoms with van der Waals surface area (Å²) in [6.07, 6.45) is 6.91. The van der Waals surface area contributed by atoms with Crippen LogP contribution < -0.4 is 5.32 Å². The average molecular weight is 503 g/mol. The molecule has 192 valence electrons. The Morgan fingerprint density at radius 2 is 1.94 bits per heavy atom. The molecule has 0 spiro atoms. The second-order valence-corrected chi connectivity index (χ2v) is 11.7. The van der Waals surface area contributed by atoms with Crippen LogP contribution in [0.25, 0.3) is 0 Å². The van der Waals surface area contributed by atoms with Gasteiger partial charge in [0.15, 0.2) is 0 Å². The third-order valence-electron chi connectivity index (χ3n) is 8.07. The molecule has 4 rings (SSSR count). The fourth-order valence-electron chi connectivity index (χ4n) is 6.14. The Morgan fingerprint density at radius 3 is 2.66 bits per heavy atom. The molecule has 0 aromatic carbocycles. The zero-order valence-electron chi connectivity index (χ0n) is 21.2. The number of nitrogens with zero attached hydrogens (tertiary/aromatic N) is 3. The first-order valence-corrected chi connectivity index (χ1v) is 13.6. The molecule has 3 fully saturated rings. The predicted octanol–water partition coefficient (Wildman–Crippen LogP) is 4.16. The Kier molecular flexibility index (Phi) is 8.35. The highest BCUT2D eigenvalue weighted by atomic mass is 35.5. The monoisotopic (exact) mass is 502 g/mol. The van der Waals surface area contributed by atoms with Crippen molar-refractivity contribution in [2.24, 2.45) is 23.7 Å². The lowest BCUT2D eigenvalue weighted by atomic mass is 9.77. The molecule has 1 aromatic heterocycles. The van der Waals surface area contributed by atoms with Gasteiger partial charge < -0.3 is 15.1 Å². The van der Waals surface area contributed by atoms with Crippen molar-refractivity contribution < 1.29 is 14.4 Å². The van der Waals surface area contributed by atoms with Gasteiger partial charge in [-0.3, -0.25) is 14.4 Å². The Labute approximate surface area is 214 Å². The predicted molar refractivity (Wildman–Crippen MR) is 136 cm³/mol. The molecule has 3 aliphatic heterocycles. The number of hydrogen-bond donors (Lipinski definition) is 1. The number of fused-ring (bicyclic) bond motifs is 4. The highest BCUT2D eigenvalue weighted by Gasteiger charge is 2.44. The van der Waals surface area contributed by atoms with Crippen LogP contribution in [0.2, 0.25) is 5.02 Å². The van der Waals surface area contributed by atoms with Gasteiger partial charge in [-0.15, -0.1) is 0 Å². The quantitative estimate of drug-likeness (QED) is 0.658. The number of nitrogens with one attached hydrogen (secondary N) is 1. The van der Waals surface area contributed by atoms with Gasteiger partial charge in [0.2, 0.25) is 11.8 Å². The van der Waals surface area contributed by atoms with Crippen molar-refractivity contribution in [1.29, 1.82) is 0 Å². The number of likely N-dealkylation sites (tertiary alicyclic amines) is 1. The standard InChI is InChI=1S/C27H39ClN4O3/c1-17(2)22-9-7-18(3)11-26(34)32-15-19-12-20(24(32)5-4-6-25(33)30-22)16-31(14-19)27(35)23-10-8-21(28)13-29-23/h8,10,13,17-20,22,24H,4-7,9,11-12,14-16H2,1-3H3,(H,30,33)/t18-,19+,20+,22+,24+/m1/s1. The SMILES string of the molecule is CC(C)[C@@H]1CC[C@@H](C)CC(=O)N2C[C@H]3C[C@@H](CN(C(=O)c4ccc(Cl)cn4)C3)[C@@H]2CCCC(=O)N1. The summed E-state index contributed by atoms with van der Waals surface area (Å²) in [5.74, 6) is 1.40. The third-order valence-corrected chi connectivity index (χ3v) is 8.29. The number of amides is 3. The van der Waals surface area contributed by atoms with Crippen molar-refractivity contribution in [3.05, 3.63) is 29.0 Å². The third kappa shape index (κ3) is 6.35. The Hall–Kier alpha value is -2.15. The normalized spacial score (nSPS) is 30.6. The van der Waals surface area contributed by atoms with E-state index in [0.29, 0.717) is 49.1 Å². The molecular formula is C27H39ClN4O3. The van der Waals surface area contributed by atoms with E-state index in [1.165, 1.54) is 6.20 Å². The van der Waals surface area contributed by atoms with E-state index < -0.39 is 0 Å². The van der Waals surface area contributed by atoms with E-state index in [2.05, 4.69) is 36.0 Å². The average Bonchev–Trinajstić information content (AvgIpc) is 2.82. The van der Waals surface area contributed by atoms with Gasteiger partial charge >= 0.3 is 0 Å². The van der Waals surface area contributed by atoms with Crippen molar-refractivity contribution in [1.82, 2.24) is 20.1 Å². The number of hydrogen-bond acceptors (Lipinski definition) is 4. The van der Waals surface area contributed by atoms with Gasteiger partial charge in [-0.2, -0.15) is 0 Å². The summed E-state index contributed by atoms with van der Waals surface area (Å²) in [7, 11) is 0. The van der Waals surface area contributed by atoms with Crippen LogP contribution in [0.4, 0.5) is 0 Å². The zero-order valence-corrected chi connectivity index (χ0v) is 22.0. The molecule has 7 nitrogen and oxygen atoms in total. The summed E-state index contributed by atoms with van der Waals surface area (Å²) in [5.41, 5.74) is 0.405. The van der Waals surface area contributed by atoms with Gasteiger partial charge in [0, 0.05) is 50.8 Å². The maximum absolute atomic E-state index is 13.5. The van der Waals surface area contributed by atoms with Gasteiger partial charge in [-0.05, 0) is 67.9 Å². The van der Waals surface area contributed by atoms with Gasteiger partial charge in [-0.1, -0.05) is 32.4 Å². The lowest BCUT2D eigenvalue weighted by molar-refractivity contribution is -0.141. The largest absolute Gasteiger partial charge is 0.353 e. The molecule has 5 atom stereocenters. The number of halogens is 1. The molecular weight excluding hydrogens is 464 g/mol. The molecule has 1 N–H and O–H groups in total. The van der Waals surface area contributed by atoms with E-state index >= 15 is 0 Å². The minimum atomic E-state index is -0.0755. The first-order valence-electron chi connectivity index (χ1n) is 13.2. The molecule has 8 heteroatoms. The van der Waals surface area contributed by atoms with Gasteiger partial charge in [0.05, 0.1) is 5.02 Å². The topological polar surface area (TPSA) is 82.6 Å². The second-order valence-electron chi connectivity index (χ2n) is 11.2. The van der Waals surface area contributed by atoms with Crippen LogP contribution in [-0.2, 0) is 9.59 Å². The van der Waals surface area contributed by atoms with E-state index in [4.69, 9.17) is 11.6 Å². The lowest BCUT2D eigenvalue weighted by Gasteiger charge is -2.51. The molecule has 0 saturated carbocycles. The molecule has 0 unspecified atom stereocenters. The molecule has 1 aromatic rings. The highest BCUT2D eigenvalue weighted by Crippen LogP contribution is 2.37. The number of pyridine rings is 1. The maximum Gasteiger partial charge on any atom is 0.272 e. The second kappa shape index (κ2) is 11.3. The fraction of sp³-hybridized carbons (Fsp3) is 0.704. The van der Waals surface area contributed by atoms with E-state index in [0.717, 1.165) is 32.1 Å². The molecule has 3 saturated heterocycles. The minimum absolute atomic E-state index is 0.0641. The van der Waals surface area contributed by atoms with E-state index in [9.17, 15) is 14.4 Å². The lowest BCUT2D eigenvalue weighted by Crippen LogP contribution is -2.60. The maximum atomic E-state index is 13.5. The molecule has 2 bridgehead atoms. The summed E-state index contributed by atoms with van der Waals surface area (Å²) < 4.78 is 0. The zero-order chi connectivity index (χ0) is 25.1. The fourth-order valence-corrected chi connectivity index (χ4v) is 6.25. The number of aromatic nitrogens is 1. The number of carbonyl (C=O) groups excluding carboxylic acids is 3. The molecule has 35 heavy (non-hydrogen) atoms. The van der Waals surface area contributed by atoms with Crippen LogP contribution in [-0.4, -0.2) is 64.2 Å². The smallest absolute Gasteiger partial charge is 0.272 e. The Bertz CT molecular complexity index is 922. The van der Waals surface area contributed by atoms with Crippen LogP contribution in [0, 0.1) is 23.7 Å². The van der Waals surface area contributed by atoms with E-state index in [1.807, 2.05) is 4.90 Å². The number of rotatable bonds is 2. The van der Waals surface area contributed by atoms with Crippen molar-refractivity contribution in [3.8, 4) is 0 Å². The number of carbonyl (C=O) groups is 3. The Balaban J connectivity index is 1.50. The van der Waals surface area contributed by atoms with E-state index in [-0.39, 0.29) is 47.6 Å². The van der Waals surface area contributed by atoms with Crippen LogP contribution in [0.5, 0.6) is 0 Å². The van der Waals surface area contributed by atoms with Crippen molar-refractivity contribution in [2.45, 2.75) is 77.8 Å². The summed E-state index contributed by atoms with van der Waals surface area (Å²) in [6, 6.07) is 3.59. The Morgan fingerprint density at radius 1 is 1.14 bits per heavy atom. The molecule has 3 aliphatic rings. The highest BCUT2D eigenvalue weighted by molar-refractivity contribution is 6.30. The van der Waals surface area contributed by atoms with Gasteiger partial charge in [-0.25, -0.2) is 4.98 Å². The van der Waals surface area contributed by atoms with Crippen molar-refractivity contribution in [3.63, 3.8) is 0 Å². The first-order chi connectivity index (χ1) is 16.7. The molecule has 4 heterocycles. The van der Waals surface area contributed by atoms with E-state index in [1.54, 1.807) is 12.1 Å².